The van der Waals surface area contributed by atoms with Crippen LogP contribution in [0.25, 0.3) is 99.1 Å². The van der Waals surface area contributed by atoms with E-state index in [4.69, 9.17) is 0 Å². The Morgan fingerprint density at radius 3 is 1.41 bits per heavy atom. The van der Waals surface area contributed by atoms with Gasteiger partial charge in [0.2, 0.25) is 0 Å². The maximum absolute atomic E-state index is 2.41. The number of rotatable bonds is 5. The number of hydrogen-bond donors (Lipinski definition) is 0. The zero-order valence-electron chi connectivity index (χ0n) is 29.5. The van der Waals surface area contributed by atoms with Crippen molar-refractivity contribution in [2.45, 2.75) is 0 Å². The van der Waals surface area contributed by atoms with Crippen LogP contribution in [-0.4, -0.2) is 9.13 Å². The summed E-state index contributed by atoms with van der Waals surface area (Å²) in [7, 11) is 0. The fourth-order valence-corrected chi connectivity index (χ4v) is 8.58. The average molecular weight is 687 g/mol. The highest BCUT2D eigenvalue weighted by Crippen LogP contribution is 2.39. The minimum Gasteiger partial charge on any atom is -0.309 e. The van der Waals surface area contributed by atoms with E-state index in [-0.39, 0.29) is 0 Å². The van der Waals surface area contributed by atoms with E-state index < -0.39 is 0 Å². The molecule has 11 rings (SSSR count). The summed E-state index contributed by atoms with van der Waals surface area (Å²) in [5.41, 5.74) is 14.5. The van der Waals surface area contributed by atoms with E-state index in [9.17, 15) is 0 Å². The quantitative estimate of drug-likeness (QED) is 0.171. The van der Waals surface area contributed by atoms with E-state index in [0.717, 1.165) is 11.4 Å². The van der Waals surface area contributed by atoms with E-state index in [1.807, 2.05) is 0 Å². The summed E-state index contributed by atoms with van der Waals surface area (Å²) >= 11 is 0. The van der Waals surface area contributed by atoms with Crippen LogP contribution < -0.4 is 0 Å². The second-order valence-corrected chi connectivity index (χ2v) is 14.2. The Morgan fingerprint density at radius 2 is 0.722 bits per heavy atom. The van der Waals surface area contributed by atoms with Crippen LogP contribution in [0.15, 0.2) is 206 Å². The first-order valence-electron chi connectivity index (χ1n) is 18.6. The van der Waals surface area contributed by atoms with Crippen molar-refractivity contribution in [2.75, 3.05) is 0 Å². The lowest BCUT2D eigenvalue weighted by atomic mass is 9.98. The van der Waals surface area contributed by atoms with Crippen LogP contribution in [0.1, 0.15) is 0 Å². The summed E-state index contributed by atoms with van der Waals surface area (Å²) in [5, 5.41) is 7.55. The normalized spacial score (nSPS) is 11.7. The van der Waals surface area contributed by atoms with Crippen LogP contribution in [0.2, 0.25) is 0 Å². The Labute approximate surface area is 313 Å². The SMILES string of the molecule is c1ccc(-c2cccc(-n3c4ccccc4c4cc(-c5ccc6c(c5)c5ccccc5n6-c5ccc(-c6cccc7ccccc67)cc5)ccc43)c2)cc1. The Balaban J connectivity index is 1.02. The molecule has 2 aromatic heterocycles. The standard InChI is InChI=1S/C52H34N2/c1-2-12-35(13-3-1)38-16-10-17-42(32-38)54-50-23-9-7-20-46(50)48-34-40(27-31-52(48)54)39-26-30-51-47(33-39)45-19-6-8-22-49(45)53(51)41-28-24-37(25-29-41)44-21-11-15-36-14-4-5-18-43(36)44/h1-34H. The van der Waals surface area contributed by atoms with E-state index in [1.165, 1.54) is 87.8 Å². The number of hydrogen-bond acceptors (Lipinski definition) is 0. The molecule has 252 valence electrons. The van der Waals surface area contributed by atoms with Gasteiger partial charge in [0.25, 0.3) is 0 Å². The van der Waals surface area contributed by atoms with E-state index >= 15 is 0 Å². The molecule has 2 nitrogen and oxygen atoms in total. The fraction of sp³-hybridized carbons (Fsp3) is 0. The molecule has 0 unspecified atom stereocenters. The summed E-state index contributed by atoms with van der Waals surface area (Å²) < 4.78 is 4.81. The predicted octanol–water partition coefficient (Wildman–Crippen LogP) is 14.0. The highest BCUT2D eigenvalue weighted by Gasteiger charge is 2.17. The van der Waals surface area contributed by atoms with Crippen LogP contribution >= 0.6 is 0 Å². The maximum Gasteiger partial charge on any atom is 0.0541 e. The molecule has 0 aliphatic rings. The molecule has 0 saturated carbocycles. The third kappa shape index (κ3) is 4.81. The molecule has 0 atom stereocenters. The average Bonchev–Trinajstić information content (AvgIpc) is 3.76. The summed E-state index contributed by atoms with van der Waals surface area (Å²) in [6.45, 7) is 0. The molecule has 0 N–H and O–H groups in total. The van der Waals surface area contributed by atoms with Crippen LogP contribution in [0.4, 0.5) is 0 Å². The van der Waals surface area contributed by atoms with Crippen molar-refractivity contribution < 1.29 is 0 Å². The molecule has 0 saturated heterocycles. The van der Waals surface area contributed by atoms with Crippen LogP contribution in [0.3, 0.4) is 0 Å². The number of para-hydroxylation sites is 2. The van der Waals surface area contributed by atoms with Crippen molar-refractivity contribution in [3.8, 4) is 44.8 Å². The van der Waals surface area contributed by atoms with Crippen LogP contribution in [0.5, 0.6) is 0 Å². The molecule has 0 bridgehead atoms. The Kier molecular flexibility index (Phi) is 6.90. The summed E-state index contributed by atoms with van der Waals surface area (Å²) in [6.07, 6.45) is 0. The van der Waals surface area contributed by atoms with Gasteiger partial charge in [0, 0.05) is 32.9 Å². The van der Waals surface area contributed by atoms with Gasteiger partial charge in [0.15, 0.2) is 0 Å². The third-order valence-corrected chi connectivity index (χ3v) is 11.1. The van der Waals surface area contributed by atoms with Gasteiger partial charge < -0.3 is 9.13 Å². The van der Waals surface area contributed by atoms with Gasteiger partial charge in [0.1, 0.15) is 0 Å². The Morgan fingerprint density at radius 1 is 0.241 bits per heavy atom. The lowest BCUT2D eigenvalue weighted by Gasteiger charge is -2.11. The first-order chi connectivity index (χ1) is 26.8. The van der Waals surface area contributed by atoms with E-state index in [0.29, 0.717) is 0 Å². The summed E-state index contributed by atoms with van der Waals surface area (Å²) in [4.78, 5) is 0. The first kappa shape index (κ1) is 30.5. The summed E-state index contributed by atoms with van der Waals surface area (Å²) in [5.74, 6) is 0. The second kappa shape index (κ2) is 12.2. The molecule has 9 aromatic carbocycles. The second-order valence-electron chi connectivity index (χ2n) is 14.2. The third-order valence-electron chi connectivity index (χ3n) is 11.1. The van der Waals surface area contributed by atoms with Crippen molar-refractivity contribution in [2.24, 2.45) is 0 Å². The zero-order valence-corrected chi connectivity index (χ0v) is 29.5. The highest BCUT2D eigenvalue weighted by atomic mass is 15.0. The fourth-order valence-electron chi connectivity index (χ4n) is 8.58. The van der Waals surface area contributed by atoms with Gasteiger partial charge >= 0.3 is 0 Å². The lowest BCUT2D eigenvalue weighted by molar-refractivity contribution is 1.18. The van der Waals surface area contributed by atoms with Crippen molar-refractivity contribution in [1.29, 1.82) is 0 Å². The molecular weight excluding hydrogens is 653 g/mol. The van der Waals surface area contributed by atoms with Crippen LogP contribution in [0, 0.1) is 0 Å². The predicted molar refractivity (Wildman–Crippen MR) is 229 cm³/mol. The van der Waals surface area contributed by atoms with Gasteiger partial charge in [-0.15, -0.1) is 0 Å². The molecule has 54 heavy (non-hydrogen) atoms. The first-order valence-corrected chi connectivity index (χ1v) is 18.6. The van der Waals surface area contributed by atoms with Gasteiger partial charge in [-0.1, -0.05) is 146 Å². The Hall–Kier alpha value is -7.16. The van der Waals surface area contributed by atoms with Crippen molar-refractivity contribution in [3.05, 3.63) is 206 Å². The van der Waals surface area contributed by atoms with Gasteiger partial charge in [-0.05, 0) is 105 Å². The molecule has 0 aliphatic heterocycles. The van der Waals surface area contributed by atoms with Crippen molar-refractivity contribution >= 4 is 54.4 Å². The molecule has 11 aromatic rings. The smallest absolute Gasteiger partial charge is 0.0541 e. The highest BCUT2D eigenvalue weighted by molar-refractivity contribution is 6.13. The number of aromatic nitrogens is 2. The van der Waals surface area contributed by atoms with Crippen LogP contribution in [-0.2, 0) is 0 Å². The number of nitrogens with zero attached hydrogens (tertiary/aromatic N) is 2. The number of benzene rings is 9. The molecule has 2 heterocycles. The minimum atomic E-state index is 1.16. The molecule has 0 amide bonds. The molecule has 0 aliphatic carbocycles. The molecule has 2 heteroatoms. The monoisotopic (exact) mass is 686 g/mol. The largest absolute Gasteiger partial charge is 0.309 e. The molecule has 0 fully saturated rings. The molecule has 0 spiro atoms. The van der Waals surface area contributed by atoms with Gasteiger partial charge in [-0.3, -0.25) is 0 Å². The van der Waals surface area contributed by atoms with Gasteiger partial charge in [-0.25, -0.2) is 0 Å². The van der Waals surface area contributed by atoms with Gasteiger partial charge in [-0.2, -0.15) is 0 Å². The topological polar surface area (TPSA) is 9.86 Å². The van der Waals surface area contributed by atoms with Gasteiger partial charge in [0.05, 0.1) is 22.1 Å². The Bertz CT molecular complexity index is 3190. The minimum absolute atomic E-state index is 1.16. The molecular formula is C52H34N2. The molecule has 0 radical (unpaired) electrons. The maximum atomic E-state index is 2.41. The number of fused-ring (bicyclic) bond motifs is 7. The zero-order chi connectivity index (χ0) is 35.6. The van der Waals surface area contributed by atoms with E-state index in [2.05, 4.69) is 215 Å². The van der Waals surface area contributed by atoms with E-state index in [1.54, 1.807) is 0 Å². The van der Waals surface area contributed by atoms with Crippen molar-refractivity contribution in [1.82, 2.24) is 9.13 Å². The van der Waals surface area contributed by atoms with Crippen molar-refractivity contribution in [3.63, 3.8) is 0 Å². The summed E-state index contributed by atoms with van der Waals surface area (Å²) in [6, 6.07) is 75.2. The lowest BCUT2D eigenvalue weighted by Crippen LogP contribution is -1.94.